The largest absolute Gasteiger partial charge is 0.338 e. The second kappa shape index (κ2) is 5.53. The Bertz CT molecular complexity index is 227. The molecule has 4 nitrogen and oxygen atoms in total. The molecule has 1 fully saturated rings. The van der Waals surface area contributed by atoms with Gasteiger partial charge in [-0.1, -0.05) is 0 Å². The maximum Gasteiger partial charge on any atom is 0.317 e. The number of hydrogen-bond donors (Lipinski definition) is 2. The zero-order chi connectivity index (χ0) is 12.2. The fourth-order valence-corrected chi connectivity index (χ4v) is 2.10. The van der Waals surface area contributed by atoms with Crippen LogP contribution >= 0.6 is 0 Å². The van der Waals surface area contributed by atoms with Crippen LogP contribution in [0.15, 0.2) is 0 Å². The van der Waals surface area contributed by atoms with Crippen molar-refractivity contribution in [2.24, 2.45) is 0 Å². The Hall–Kier alpha value is -0.770. The first-order valence-electron chi connectivity index (χ1n) is 6.23. The van der Waals surface area contributed by atoms with Gasteiger partial charge in [-0.25, -0.2) is 4.79 Å². The monoisotopic (exact) mass is 227 g/mol. The minimum absolute atomic E-state index is 0.0803. The topological polar surface area (TPSA) is 44.4 Å². The average Bonchev–Trinajstić information content (AvgIpc) is 2.16. The highest BCUT2D eigenvalue weighted by Crippen LogP contribution is 2.13. The van der Waals surface area contributed by atoms with Crippen LogP contribution in [-0.4, -0.2) is 42.1 Å². The lowest BCUT2D eigenvalue weighted by Crippen LogP contribution is -2.52. The van der Waals surface area contributed by atoms with Gasteiger partial charge in [0.1, 0.15) is 0 Å². The van der Waals surface area contributed by atoms with Crippen LogP contribution in [0.4, 0.5) is 4.79 Å². The summed E-state index contributed by atoms with van der Waals surface area (Å²) in [5.74, 6) is 0. The van der Waals surface area contributed by atoms with Crippen molar-refractivity contribution in [1.29, 1.82) is 0 Å². The first-order valence-corrected chi connectivity index (χ1v) is 6.23. The van der Waals surface area contributed by atoms with Crippen molar-refractivity contribution in [2.75, 3.05) is 19.6 Å². The van der Waals surface area contributed by atoms with E-state index in [1.807, 2.05) is 11.8 Å². The number of piperidine rings is 1. The van der Waals surface area contributed by atoms with Crippen LogP contribution in [0.5, 0.6) is 0 Å². The Morgan fingerprint density at radius 3 is 2.31 bits per heavy atom. The molecule has 1 saturated heterocycles. The molecule has 0 aromatic rings. The molecule has 4 heteroatoms. The predicted octanol–water partition coefficient (Wildman–Crippen LogP) is 1.57. The van der Waals surface area contributed by atoms with Crippen molar-refractivity contribution in [2.45, 2.75) is 52.1 Å². The van der Waals surface area contributed by atoms with E-state index in [2.05, 4.69) is 31.4 Å². The maximum atomic E-state index is 11.6. The molecule has 0 aliphatic carbocycles. The van der Waals surface area contributed by atoms with Crippen molar-refractivity contribution in [3.63, 3.8) is 0 Å². The van der Waals surface area contributed by atoms with E-state index in [0.29, 0.717) is 12.6 Å². The van der Waals surface area contributed by atoms with Gasteiger partial charge in [-0.15, -0.1) is 0 Å². The molecule has 1 aliphatic heterocycles. The summed E-state index contributed by atoms with van der Waals surface area (Å²) in [6.45, 7) is 10.9. The third kappa shape index (κ3) is 4.39. The molecule has 0 aromatic heterocycles. The Balaban J connectivity index is 2.31. The minimum Gasteiger partial charge on any atom is -0.338 e. The lowest BCUT2D eigenvalue weighted by molar-refractivity contribution is 0.170. The summed E-state index contributed by atoms with van der Waals surface area (Å²) in [6.07, 6.45) is 2.10. The Labute approximate surface area is 98.8 Å². The molecule has 0 atom stereocenters. The number of nitrogens with zero attached hydrogens (tertiary/aromatic N) is 1. The van der Waals surface area contributed by atoms with Crippen molar-refractivity contribution in [1.82, 2.24) is 15.5 Å². The van der Waals surface area contributed by atoms with Crippen molar-refractivity contribution >= 4 is 6.03 Å². The Morgan fingerprint density at radius 1 is 1.31 bits per heavy atom. The van der Waals surface area contributed by atoms with Crippen molar-refractivity contribution in [3.8, 4) is 0 Å². The molecule has 0 aromatic carbocycles. The molecule has 16 heavy (non-hydrogen) atoms. The number of likely N-dealkylation sites (tertiary alicyclic amines) is 1. The fourth-order valence-electron chi connectivity index (χ4n) is 2.10. The van der Waals surface area contributed by atoms with E-state index in [4.69, 9.17) is 0 Å². The molecule has 2 N–H and O–H groups in total. The van der Waals surface area contributed by atoms with E-state index in [0.717, 1.165) is 25.9 Å². The smallest absolute Gasteiger partial charge is 0.317 e. The number of nitrogens with one attached hydrogen (secondary N) is 2. The second-order valence-electron chi connectivity index (χ2n) is 5.49. The van der Waals surface area contributed by atoms with Gasteiger partial charge in [-0.3, -0.25) is 0 Å². The van der Waals surface area contributed by atoms with Crippen LogP contribution in [0.1, 0.15) is 40.5 Å². The van der Waals surface area contributed by atoms with Crippen LogP contribution in [0.2, 0.25) is 0 Å². The number of urea groups is 1. The summed E-state index contributed by atoms with van der Waals surface area (Å²) in [5, 5.41) is 6.44. The number of carbonyl (C=O) groups is 1. The molecular formula is C12H25N3O. The molecule has 1 heterocycles. The summed E-state index contributed by atoms with van der Waals surface area (Å²) in [6, 6.07) is 0.627. The lowest BCUT2D eigenvalue weighted by Gasteiger charge is -2.36. The molecule has 0 bridgehead atoms. The van der Waals surface area contributed by atoms with Gasteiger partial charge in [0.25, 0.3) is 0 Å². The second-order valence-corrected chi connectivity index (χ2v) is 5.49. The minimum atomic E-state index is 0.0803. The fraction of sp³-hybridized carbons (Fsp3) is 0.917. The molecular weight excluding hydrogens is 202 g/mol. The zero-order valence-corrected chi connectivity index (χ0v) is 11.0. The van der Waals surface area contributed by atoms with E-state index < -0.39 is 0 Å². The highest BCUT2D eigenvalue weighted by Gasteiger charge is 2.24. The first-order chi connectivity index (χ1) is 7.42. The molecule has 0 spiro atoms. The summed E-state index contributed by atoms with van der Waals surface area (Å²) in [4.78, 5) is 13.5. The number of amides is 2. The molecule has 0 radical (unpaired) electrons. The summed E-state index contributed by atoms with van der Waals surface area (Å²) < 4.78 is 0. The number of rotatable bonds is 2. The van der Waals surface area contributed by atoms with E-state index >= 15 is 0 Å². The van der Waals surface area contributed by atoms with Gasteiger partial charge in [0, 0.05) is 31.2 Å². The first kappa shape index (κ1) is 13.3. The molecule has 94 valence electrons. The Morgan fingerprint density at radius 2 is 1.88 bits per heavy atom. The van der Waals surface area contributed by atoms with Gasteiger partial charge in [-0.05, 0) is 40.5 Å². The van der Waals surface area contributed by atoms with E-state index in [1.165, 1.54) is 0 Å². The molecule has 0 saturated carbocycles. The third-order valence-electron chi connectivity index (χ3n) is 2.75. The summed E-state index contributed by atoms with van der Waals surface area (Å²) >= 11 is 0. The lowest BCUT2D eigenvalue weighted by atomic mass is 10.0. The van der Waals surface area contributed by atoms with Crippen molar-refractivity contribution < 1.29 is 4.79 Å². The van der Waals surface area contributed by atoms with Crippen molar-refractivity contribution in [3.05, 3.63) is 0 Å². The van der Waals surface area contributed by atoms with Crippen LogP contribution in [-0.2, 0) is 0 Å². The van der Waals surface area contributed by atoms with Crippen LogP contribution in [0.25, 0.3) is 0 Å². The van der Waals surface area contributed by atoms with E-state index in [1.54, 1.807) is 0 Å². The average molecular weight is 227 g/mol. The van der Waals surface area contributed by atoms with Gasteiger partial charge in [0.2, 0.25) is 0 Å². The van der Waals surface area contributed by atoms with Gasteiger partial charge < -0.3 is 15.5 Å². The molecule has 1 aliphatic rings. The summed E-state index contributed by atoms with van der Waals surface area (Å²) in [5.41, 5.74) is 0.165. The normalized spacial score (nSPS) is 18.6. The predicted molar refractivity (Wildman–Crippen MR) is 66.6 cm³/mol. The Kier molecular flexibility index (Phi) is 4.59. The van der Waals surface area contributed by atoms with Crippen LogP contribution < -0.4 is 10.6 Å². The maximum absolute atomic E-state index is 11.6. The molecule has 0 unspecified atom stereocenters. The van der Waals surface area contributed by atoms with Gasteiger partial charge in [-0.2, -0.15) is 0 Å². The van der Waals surface area contributed by atoms with Crippen LogP contribution in [0.3, 0.4) is 0 Å². The molecule has 1 rings (SSSR count). The number of carbonyl (C=O) groups excluding carboxylic acids is 1. The van der Waals surface area contributed by atoms with Gasteiger partial charge in [0.05, 0.1) is 0 Å². The van der Waals surface area contributed by atoms with E-state index in [9.17, 15) is 4.79 Å². The standard InChI is InChI=1S/C12H25N3O/c1-5-13-11(16)15-8-6-10(7-9-15)14-12(2,3)4/h10,14H,5-9H2,1-4H3,(H,13,16). The SMILES string of the molecule is CCNC(=O)N1CCC(NC(C)(C)C)CC1. The quantitative estimate of drug-likeness (QED) is 0.752. The highest BCUT2D eigenvalue weighted by molar-refractivity contribution is 5.74. The molecule has 2 amide bonds. The zero-order valence-electron chi connectivity index (χ0n) is 11.0. The summed E-state index contributed by atoms with van der Waals surface area (Å²) in [7, 11) is 0. The third-order valence-corrected chi connectivity index (χ3v) is 2.75. The highest BCUT2D eigenvalue weighted by atomic mass is 16.2. The number of hydrogen-bond acceptors (Lipinski definition) is 2. The van der Waals surface area contributed by atoms with Crippen LogP contribution in [0, 0.1) is 0 Å². The van der Waals surface area contributed by atoms with Gasteiger partial charge >= 0.3 is 6.03 Å². The van der Waals surface area contributed by atoms with Gasteiger partial charge in [0.15, 0.2) is 0 Å². The van der Waals surface area contributed by atoms with E-state index in [-0.39, 0.29) is 11.6 Å².